The van der Waals surface area contributed by atoms with Crippen molar-refractivity contribution in [2.24, 2.45) is 22.7 Å². The summed E-state index contributed by atoms with van der Waals surface area (Å²) in [6, 6.07) is 9.06. The Kier molecular flexibility index (Phi) is 9.08. The third-order valence-corrected chi connectivity index (χ3v) is 14.0. The lowest BCUT2D eigenvalue weighted by atomic mass is 9.53. The van der Waals surface area contributed by atoms with Crippen LogP contribution in [0.3, 0.4) is 0 Å². The Bertz CT molecular complexity index is 1590. The van der Waals surface area contributed by atoms with Crippen LogP contribution in [-0.4, -0.2) is 48.9 Å². The van der Waals surface area contributed by atoms with Gasteiger partial charge in [0.05, 0.1) is 0 Å². The number of carbonyl (C=O) groups excluding carboxylic acids is 2. The molecular weight excluding hydrogens is 620 g/mol. The molecule has 4 atom stereocenters. The summed E-state index contributed by atoms with van der Waals surface area (Å²) in [4.78, 5) is 32.1. The highest BCUT2D eigenvalue weighted by atomic mass is 16.6. The Morgan fingerprint density at radius 1 is 0.640 bits per heavy atom. The molecule has 0 amide bonds. The van der Waals surface area contributed by atoms with E-state index < -0.39 is 11.9 Å². The zero-order valence-electron chi connectivity index (χ0n) is 30.8. The molecule has 4 aliphatic carbocycles. The fourth-order valence-electron chi connectivity index (χ4n) is 11.2. The first-order chi connectivity index (χ1) is 24.2. The molecule has 2 aromatic rings. The number of likely N-dealkylation sites (N-methyl/N-ethyl adjacent to an activating group) is 2. The van der Waals surface area contributed by atoms with Crippen LogP contribution in [0.1, 0.15) is 123 Å². The Morgan fingerprint density at radius 2 is 1.06 bits per heavy atom. The number of benzene rings is 2. The van der Waals surface area contributed by atoms with Gasteiger partial charge in [0.15, 0.2) is 0 Å². The van der Waals surface area contributed by atoms with Crippen LogP contribution < -0.4 is 9.47 Å². The standard InChI is InChI=1S/C44H56N2O4/c1-29-25-31-17-23-45(3)39(43(19-11-20-43)33-13-7-5-8-14-33)35(31)27-37(29)49-41(47)42(48)50-38-28-36-32(26-30(38)2)18-24-46(4)40(36)44(21-12-22-44)34-15-9-6-10-16-34/h7,9,13,15,25-28,33-34,39-40H,5-6,8,10-12,14,16-24H2,1-4H3. The molecule has 6 aliphatic rings. The molecule has 2 fully saturated rings. The molecule has 2 aromatic carbocycles. The third-order valence-electron chi connectivity index (χ3n) is 14.0. The fourth-order valence-corrected chi connectivity index (χ4v) is 11.2. The quantitative estimate of drug-likeness (QED) is 0.132. The van der Waals surface area contributed by atoms with E-state index in [-0.39, 0.29) is 22.9 Å². The van der Waals surface area contributed by atoms with Crippen LogP contribution in [0.25, 0.3) is 0 Å². The smallest absolute Gasteiger partial charge is 0.418 e. The van der Waals surface area contributed by atoms with Gasteiger partial charge in [-0.3, -0.25) is 9.80 Å². The zero-order chi connectivity index (χ0) is 34.6. The molecule has 0 bridgehead atoms. The van der Waals surface area contributed by atoms with Crippen molar-refractivity contribution in [2.45, 2.75) is 116 Å². The zero-order valence-corrected chi connectivity index (χ0v) is 30.8. The van der Waals surface area contributed by atoms with E-state index in [1.54, 1.807) is 0 Å². The monoisotopic (exact) mass is 676 g/mol. The van der Waals surface area contributed by atoms with Gasteiger partial charge < -0.3 is 9.47 Å². The summed E-state index contributed by atoms with van der Waals surface area (Å²) in [5, 5.41) is 0. The highest BCUT2D eigenvalue weighted by molar-refractivity contribution is 6.31. The van der Waals surface area contributed by atoms with Gasteiger partial charge >= 0.3 is 11.9 Å². The first-order valence-electron chi connectivity index (χ1n) is 19.6. The summed E-state index contributed by atoms with van der Waals surface area (Å²) in [7, 11) is 4.51. The second kappa shape index (κ2) is 13.4. The lowest BCUT2D eigenvalue weighted by Gasteiger charge is -2.57. The maximum absolute atomic E-state index is 13.5. The van der Waals surface area contributed by atoms with Gasteiger partial charge in [0, 0.05) is 25.2 Å². The summed E-state index contributed by atoms with van der Waals surface area (Å²) in [6.07, 6.45) is 26.5. The maximum atomic E-state index is 13.5. The number of allylic oxidation sites excluding steroid dienone is 4. The number of fused-ring (bicyclic) bond motifs is 2. The molecule has 4 unspecified atom stereocenters. The van der Waals surface area contributed by atoms with Crippen molar-refractivity contribution in [1.29, 1.82) is 0 Å². The van der Waals surface area contributed by atoms with E-state index in [0.717, 1.165) is 37.1 Å². The predicted molar refractivity (Wildman–Crippen MR) is 197 cm³/mol. The average molecular weight is 677 g/mol. The lowest BCUT2D eigenvalue weighted by Crippen LogP contribution is -2.50. The number of aryl methyl sites for hydroxylation is 2. The topological polar surface area (TPSA) is 59.1 Å². The maximum Gasteiger partial charge on any atom is 0.423 e. The van der Waals surface area contributed by atoms with Crippen molar-refractivity contribution < 1.29 is 19.1 Å². The van der Waals surface area contributed by atoms with E-state index in [9.17, 15) is 9.59 Å². The normalized spacial score (nSPS) is 28.5. The summed E-state index contributed by atoms with van der Waals surface area (Å²) >= 11 is 0. The van der Waals surface area contributed by atoms with E-state index in [2.05, 4.69) is 72.5 Å². The van der Waals surface area contributed by atoms with Gasteiger partial charge in [-0.2, -0.15) is 0 Å². The van der Waals surface area contributed by atoms with Gasteiger partial charge in [0.25, 0.3) is 0 Å². The summed E-state index contributed by atoms with van der Waals surface area (Å²) in [6.45, 7) is 6.01. The van der Waals surface area contributed by atoms with E-state index in [0.29, 0.717) is 23.3 Å². The molecular formula is C44H56N2O4. The molecule has 0 radical (unpaired) electrons. The van der Waals surface area contributed by atoms with Crippen LogP contribution in [0.15, 0.2) is 48.6 Å². The Morgan fingerprint density at radius 3 is 1.40 bits per heavy atom. The molecule has 2 heterocycles. The van der Waals surface area contributed by atoms with Crippen molar-refractivity contribution in [3.05, 3.63) is 82.0 Å². The van der Waals surface area contributed by atoms with Gasteiger partial charge in [-0.15, -0.1) is 0 Å². The second-order valence-electron chi connectivity index (χ2n) is 16.8. The predicted octanol–water partition coefficient (Wildman–Crippen LogP) is 8.93. The van der Waals surface area contributed by atoms with Gasteiger partial charge in [-0.1, -0.05) is 49.3 Å². The van der Waals surface area contributed by atoms with Crippen LogP contribution in [-0.2, 0) is 22.4 Å². The Hall–Kier alpha value is -3.22. The first kappa shape index (κ1) is 33.9. The van der Waals surface area contributed by atoms with Gasteiger partial charge in [-0.25, -0.2) is 9.59 Å². The number of carbonyl (C=O) groups is 2. The average Bonchev–Trinajstić information content (AvgIpc) is 3.08. The molecule has 266 valence electrons. The minimum atomic E-state index is -0.962. The van der Waals surface area contributed by atoms with Gasteiger partial charge in [0.1, 0.15) is 11.5 Å². The molecule has 50 heavy (non-hydrogen) atoms. The molecule has 2 saturated carbocycles. The summed E-state index contributed by atoms with van der Waals surface area (Å²) in [5.41, 5.74) is 7.39. The SMILES string of the molecule is Cc1cc2c(cc1OC(=O)C(=O)Oc1cc3c(cc1C)CCN(C)C3C1(C3C=CCCC3)CCC1)C(C1(C3C=CCCC3)CCC1)N(C)CC2. The van der Waals surface area contributed by atoms with E-state index >= 15 is 0 Å². The molecule has 6 nitrogen and oxygen atoms in total. The van der Waals surface area contributed by atoms with E-state index in [4.69, 9.17) is 9.47 Å². The summed E-state index contributed by atoms with van der Waals surface area (Å²) in [5.74, 6) is 0.158. The molecule has 0 spiro atoms. The van der Waals surface area contributed by atoms with Crippen LogP contribution in [0.2, 0.25) is 0 Å². The van der Waals surface area contributed by atoms with Gasteiger partial charge in [-0.05, 0) is 173 Å². The van der Waals surface area contributed by atoms with Crippen molar-refractivity contribution in [3.8, 4) is 11.5 Å². The second-order valence-corrected chi connectivity index (χ2v) is 16.8. The molecule has 0 saturated heterocycles. The van der Waals surface area contributed by atoms with Crippen LogP contribution in [0.4, 0.5) is 0 Å². The lowest BCUT2D eigenvalue weighted by molar-refractivity contribution is -0.156. The molecule has 2 aliphatic heterocycles. The van der Waals surface area contributed by atoms with E-state index in [1.165, 1.54) is 99.3 Å². The summed E-state index contributed by atoms with van der Waals surface area (Å²) < 4.78 is 11.9. The largest absolute Gasteiger partial charge is 0.423 e. The number of hydrogen-bond acceptors (Lipinski definition) is 6. The number of rotatable bonds is 6. The van der Waals surface area contributed by atoms with Crippen LogP contribution in [0.5, 0.6) is 11.5 Å². The van der Waals surface area contributed by atoms with Crippen LogP contribution >= 0.6 is 0 Å². The Balaban J connectivity index is 1.04. The number of hydrogen-bond donors (Lipinski definition) is 0. The first-order valence-corrected chi connectivity index (χ1v) is 19.6. The minimum Gasteiger partial charge on any atom is -0.418 e. The Labute approximate surface area is 299 Å². The third kappa shape index (κ3) is 5.69. The number of nitrogens with zero attached hydrogens (tertiary/aromatic N) is 2. The van der Waals surface area contributed by atoms with Crippen molar-refractivity contribution in [1.82, 2.24) is 9.80 Å². The molecule has 8 rings (SSSR count). The van der Waals surface area contributed by atoms with Crippen molar-refractivity contribution in [2.75, 3.05) is 27.2 Å². The molecule has 0 N–H and O–H groups in total. The molecule has 0 aromatic heterocycles. The van der Waals surface area contributed by atoms with Gasteiger partial charge in [0.2, 0.25) is 0 Å². The van der Waals surface area contributed by atoms with Crippen molar-refractivity contribution in [3.63, 3.8) is 0 Å². The minimum absolute atomic E-state index is 0.206. The highest BCUT2D eigenvalue weighted by Gasteiger charge is 2.53. The highest BCUT2D eigenvalue weighted by Crippen LogP contribution is 2.62. The van der Waals surface area contributed by atoms with Crippen LogP contribution in [0, 0.1) is 36.5 Å². The number of ether oxygens (including phenoxy) is 2. The van der Waals surface area contributed by atoms with E-state index in [1.807, 2.05) is 13.8 Å². The van der Waals surface area contributed by atoms with Crippen molar-refractivity contribution >= 4 is 11.9 Å². The fraction of sp³-hybridized carbons (Fsp3) is 0.591. The number of esters is 2. The molecule has 6 heteroatoms.